The van der Waals surface area contributed by atoms with Crippen LogP contribution in [0.1, 0.15) is 5.56 Å². The van der Waals surface area contributed by atoms with Crippen molar-refractivity contribution in [2.24, 2.45) is 0 Å². The summed E-state index contributed by atoms with van der Waals surface area (Å²) in [7, 11) is 0. The van der Waals surface area contributed by atoms with Crippen LogP contribution in [0.3, 0.4) is 0 Å². The Balaban J connectivity index is 2.71. The van der Waals surface area contributed by atoms with E-state index in [-0.39, 0.29) is 18.5 Å². The van der Waals surface area contributed by atoms with Crippen LogP contribution in [0.15, 0.2) is 30.9 Å². The van der Waals surface area contributed by atoms with Gasteiger partial charge in [0, 0.05) is 12.1 Å². The van der Waals surface area contributed by atoms with Gasteiger partial charge in [-0.15, -0.1) is 6.58 Å². The van der Waals surface area contributed by atoms with Gasteiger partial charge in [-0.2, -0.15) is 0 Å². The molecular weight excluding hydrogens is 200 g/mol. The number of halogens is 2. The number of rotatable bonds is 4. The summed E-state index contributed by atoms with van der Waals surface area (Å²) < 4.78 is 26.2. The summed E-state index contributed by atoms with van der Waals surface area (Å²) in [5.74, 6) is -1.84. The van der Waals surface area contributed by atoms with E-state index in [4.69, 9.17) is 0 Å². The highest BCUT2D eigenvalue weighted by Gasteiger charge is 2.11. The maximum absolute atomic E-state index is 13.1. The lowest BCUT2D eigenvalue weighted by molar-refractivity contribution is -0.120. The van der Waals surface area contributed by atoms with Crippen molar-refractivity contribution in [2.45, 2.75) is 6.42 Å². The molecule has 1 rings (SSSR count). The van der Waals surface area contributed by atoms with E-state index >= 15 is 0 Å². The first-order valence-corrected chi connectivity index (χ1v) is 4.45. The molecule has 2 nitrogen and oxygen atoms in total. The van der Waals surface area contributed by atoms with Gasteiger partial charge < -0.3 is 5.32 Å². The van der Waals surface area contributed by atoms with Crippen LogP contribution in [-0.4, -0.2) is 12.5 Å². The van der Waals surface area contributed by atoms with Gasteiger partial charge in [0.2, 0.25) is 5.91 Å². The minimum absolute atomic E-state index is 0.209. The third-order valence-electron chi connectivity index (χ3n) is 1.84. The van der Waals surface area contributed by atoms with Crippen LogP contribution in [0.25, 0.3) is 0 Å². The number of hydrogen-bond donors (Lipinski definition) is 1. The van der Waals surface area contributed by atoms with Crippen LogP contribution in [0.4, 0.5) is 8.78 Å². The van der Waals surface area contributed by atoms with Crippen molar-refractivity contribution in [1.29, 1.82) is 0 Å². The standard InChI is InChI=1S/C11H11F2NO/c1-2-6-14-11(15)7-8-9(12)4-3-5-10(8)13/h2-5H,1,6-7H2,(H,14,15). The molecule has 1 N–H and O–H groups in total. The van der Waals surface area contributed by atoms with Crippen molar-refractivity contribution < 1.29 is 13.6 Å². The number of carbonyl (C=O) groups is 1. The van der Waals surface area contributed by atoms with Gasteiger partial charge in [-0.05, 0) is 12.1 Å². The summed E-state index contributed by atoms with van der Waals surface area (Å²) in [6, 6.07) is 3.51. The summed E-state index contributed by atoms with van der Waals surface area (Å²) in [6.07, 6.45) is 1.20. The summed E-state index contributed by atoms with van der Waals surface area (Å²) in [4.78, 5) is 11.2. The van der Waals surface area contributed by atoms with E-state index in [1.807, 2.05) is 0 Å². The molecule has 0 atom stereocenters. The van der Waals surface area contributed by atoms with Gasteiger partial charge in [-0.3, -0.25) is 4.79 Å². The molecule has 0 saturated heterocycles. The molecule has 0 spiro atoms. The Hall–Kier alpha value is -1.71. The van der Waals surface area contributed by atoms with Gasteiger partial charge in [-0.1, -0.05) is 12.1 Å². The minimum atomic E-state index is -0.705. The third kappa shape index (κ3) is 3.16. The average molecular weight is 211 g/mol. The number of benzene rings is 1. The number of amides is 1. The molecule has 0 fully saturated rings. The van der Waals surface area contributed by atoms with Crippen LogP contribution in [-0.2, 0) is 11.2 Å². The molecule has 0 aromatic heterocycles. The lowest BCUT2D eigenvalue weighted by Crippen LogP contribution is -2.25. The summed E-state index contributed by atoms with van der Waals surface area (Å²) in [6.45, 7) is 3.70. The average Bonchev–Trinajstić information content (AvgIpc) is 2.21. The Labute approximate surface area is 86.6 Å². The molecule has 1 amide bonds. The molecule has 0 heterocycles. The first-order valence-electron chi connectivity index (χ1n) is 4.45. The highest BCUT2D eigenvalue weighted by molar-refractivity contribution is 5.78. The molecule has 0 aliphatic carbocycles. The zero-order valence-electron chi connectivity index (χ0n) is 8.09. The van der Waals surface area contributed by atoms with E-state index < -0.39 is 17.5 Å². The zero-order chi connectivity index (χ0) is 11.3. The molecule has 0 aliphatic heterocycles. The molecule has 0 unspecified atom stereocenters. The highest BCUT2D eigenvalue weighted by Crippen LogP contribution is 2.12. The van der Waals surface area contributed by atoms with Crippen molar-refractivity contribution in [3.63, 3.8) is 0 Å². The molecular formula is C11H11F2NO. The highest BCUT2D eigenvalue weighted by atomic mass is 19.1. The first-order chi connectivity index (χ1) is 7.15. The smallest absolute Gasteiger partial charge is 0.224 e. The molecule has 1 aromatic rings. The van der Waals surface area contributed by atoms with Crippen LogP contribution in [0.5, 0.6) is 0 Å². The molecule has 15 heavy (non-hydrogen) atoms. The second-order valence-corrected chi connectivity index (χ2v) is 2.97. The van der Waals surface area contributed by atoms with Crippen LogP contribution < -0.4 is 5.32 Å². The zero-order valence-corrected chi connectivity index (χ0v) is 8.09. The second-order valence-electron chi connectivity index (χ2n) is 2.97. The molecule has 1 aromatic carbocycles. The largest absolute Gasteiger partial charge is 0.352 e. The number of nitrogens with one attached hydrogen (secondary N) is 1. The Morgan fingerprint density at radius 2 is 2.00 bits per heavy atom. The lowest BCUT2D eigenvalue weighted by atomic mass is 10.1. The van der Waals surface area contributed by atoms with E-state index in [1.165, 1.54) is 12.1 Å². The maximum atomic E-state index is 13.1. The Morgan fingerprint density at radius 1 is 1.40 bits per heavy atom. The molecule has 0 radical (unpaired) electrons. The SMILES string of the molecule is C=CCNC(=O)Cc1c(F)cccc1F. The molecule has 80 valence electrons. The van der Waals surface area contributed by atoms with Gasteiger partial charge in [-0.25, -0.2) is 8.78 Å². The van der Waals surface area contributed by atoms with Crippen molar-refractivity contribution >= 4 is 5.91 Å². The predicted molar refractivity (Wildman–Crippen MR) is 53.3 cm³/mol. The second kappa shape index (κ2) is 5.24. The normalized spacial score (nSPS) is 9.73. The molecule has 0 aliphatic rings. The van der Waals surface area contributed by atoms with Gasteiger partial charge in [0.15, 0.2) is 0 Å². The van der Waals surface area contributed by atoms with E-state index in [0.29, 0.717) is 0 Å². The van der Waals surface area contributed by atoms with Gasteiger partial charge in [0.25, 0.3) is 0 Å². The first kappa shape index (κ1) is 11.4. The van der Waals surface area contributed by atoms with Gasteiger partial charge in [0.1, 0.15) is 11.6 Å². The van der Waals surface area contributed by atoms with Crippen molar-refractivity contribution in [3.05, 3.63) is 48.1 Å². The fourth-order valence-electron chi connectivity index (χ4n) is 1.11. The summed E-state index contributed by atoms with van der Waals surface area (Å²) in [5, 5.41) is 2.44. The number of hydrogen-bond acceptors (Lipinski definition) is 1. The lowest BCUT2D eigenvalue weighted by Gasteiger charge is -2.04. The summed E-state index contributed by atoms with van der Waals surface area (Å²) in [5.41, 5.74) is -0.209. The van der Waals surface area contributed by atoms with E-state index in [2.05, 4.69) is 11.9 Å². The monoisotopic (exact) mass is 211 g/mol. The maximum Gasteiger partial charge on any atom is 0.224 e. The summed E-state index contributed by atoms with van der Waals surface area (Å²) >= 11 is 0. The molecule has 0 bridgehead atoms. The quantitative estimate of drug-likeness (QED) is 0.756. The van der Waals surface area contributed by atoms with Crippen LogP contribution in [0.2, 0.25) is 0 Å². The van der Waals surface area contributed by atoms with E-state index in [0.717, 1.165) is 12.1 Å². The van der Waals surface area contributed by atoms with Gasteiger partial charge >= 0.3 is 0 Å². The fourth-order valence-corrected chi connectivity index (χ4v) is 1.11. The Kier molecular flexibility index (Phi) is 3.97. The topological polar surface area (TPSA) is 29.1 Å². The van der Waals surface area contributed by atoms with Crippen LogP contribution in [0, 0.1) is 11.6 Å². The van der Waals surface area contributed by atoms with Crippen molar-refractivity contribution in [1.82, 2.24) is 5.32 Å². The fraction of sp³-hybridized carbons (Fsp3) is 0.182. The predicted octanol–water partition coefficient (Wildman–Crippen LogP) is 1.81. The Bertz CT molecular complexity index is 357. The third-order valence-corrected chi connectivity index (χ3v) is 1.84. The number of carbonyl (C=O) groups excluding carboxylic acids is 1. The minimum Gasteiger partial charge on any atom is -0.352 e. The Morgan fingerprint density at radius 3 is 2.53 bits per heavy atom. The van der Waals surface area contributed by atoms with Crippen LogP contribution >= 0.6 is 0 Å². The van der Waals surface area contributed by atoms with Crippen molar-refractivity contribution in [3.8, 4) is 0 Å². The van der Waals surface area contributed by atoms with E-state index in [9.17, 15) is 13.6 Å². The van der Waals surface area contributed by atoms with Crippen molar-refractivity contribution in [2.75, 3.05) is 6.54 Å². The van der Waals surface area contributed by atoms with E-state index in [1.54, 1.807) is 0 Å². The molecule has 0 saturated carbocycles. The molecule has 4 heteroatoms. The van der Waals surface area contributed by atoms with Gasteiger partial charge in [0.05, 0.1) is 6.42 Å².